The van der Waals surface area contributed by atoms with E-state index in [-0.39, 0.29) is 29.6 Å². The number of amides is 2. The van der Waals surface area contributed by atoms with Crippen molar-refractivity contribution in [3.05, 3.63) is 59.0 Å². The zero-order valence-electron chi connectivity index (χ0n) is 16.9. The van der Waals surface area contributed by atoms with Crippen molar-refractivity contribution in [3.63, 3.8) is 0 Å². The van der Waals surface area contributed by atoms with Gasteiger partial charge in [0.05, 0.1) is 11.1 Å². The molecular formula is C22H26ClFN4O2. The molecule has 0 aliphatic carbocycles. The van der Waals surface area contributed by atoms with Gasteiger partial charge in [-0.3, -0.25) is 14.5 Å². The minimum Gasteiger partial charge on any atom is -0.354 e. The van der Waals surface area contributed by atoms with E-state index in [0.717, 1.165) is 5.56 Å². The van der Waals surface area contributed by atoms with Gasteiger partial charge in [-0.25, -0.2) is 9.37 Å². The highest BCUT2D eigenvalue weighted by molar-refractivity contribution is 6.30. The summed E-state index contributed by atoms with van der Waals surface area (Å²) in [5, 5.41) is 6.28. The van der Waals surface area contributed by atoms with Crippen LogP contribution in [-0.2, 0) is 16.0 Å². The number of likely N-dealkylation sites (tertiary alicyclic amines) is 1. The molecule has 160 valence electrons. The Bertz CT molecular complexity index is 852. The van der Waals surface area contributed by atoms with Gasteiger partial charge in [-0.2, -0.15) is 0 Å². The van der Waals surface area contributed by atoms with Gasteiger partial charge in [0.1, 0.15) is 11.6 Å². The Kier molecular flexibility index (Phi) is 7.76. The summed E-state index contributed by atoms with van der Waals surface area (Å²) in [7, 11) is 0. The molecule has 1 aromatic heterocycles. The summed E-state index contributed by atoms with van der Waals surface area (Å²) in [6.07, 6.45) is 3.52. The number of hydrogen-bond acceptors (Lipinski definition) is 4. The van der Waals surface area contributed by atoms with E-state index < -0.39 is 0 Å². The average molecular weight is 433 g/mol. The molecular weight excluding hydrogens is 407 g/mol. The molecule has 1 unspecified atom stereocenters. The van der Waals surface area contributed by atoms with E-state index in [4.69, 9.17) is 11.6 Å². The van der Waals surface area contributed by atoms with Crippen molar-refractivity contribution in [1.82, 2.24) is 15.2 Å². The summed E-state index contributed by atoms with van der Waals surface area (Å²) in [5.41, 5.74) is 0.978. The van der Waals surface area contributed by atoms with Crippen LogP contribution >= 0.6 is 11.6 Å². The van der Waals surface area contributed by atoms with Crippen LogP contribution in [0.25, 0.3) is 0 Å². The molecule has 2 heterocycles. The van der Waals surface area contributed by atoms with Crippen molar-refractivity contribution in [1.29, 1.82) is 0 Å². The highest BCUT2D eigenvalue weighted by Gasteiger charge is 2.29. The molecule has 3 rings (SSSR count). The van der Waals surface area contributed by atoms with Crippen LogP contribution in [0.15, 0.2) is 42.6 Å². The zero-order chi connectivity index (χ0) is 21.5. The van der Waals surface area contributed by atoms with Crippen LogP contribution in [0.3, 0.4) is 0 Å². The first-order chi connectivity index (χ1) is 14.4. The Morgan fingerprint density at radius 2 is 1.90 bits per heavy atom. The van der Waals surface area contributed by atoms with Crippen molar-refractivity contribution in [2.75, 3.05) is 25.0 Å². The third-order valence-corrected chi connectivity index (χ3v) is 5.66. The van der Waals surface area contributed by atoms with Gasteiger partial charge < -0.3 is 10.6 Å². The van der Waals surface area contributed by atoms with Crippen LogP contribution in [-0.4, -0.2) is 47.4 Å². The summed E-state index contributed by atoms with van der Waals surface area (Å²) in [5.74, 6) is 0.0253. The maximum Gasteiger partial charge on any atom is 0.237 e. The second kappa shape index (κ2) is 10.5. The van der Waals surface area contributed by atoms with Crippen LogP contribution in [0.2, 0.25) is 5.02 Å². The predicted molar refractivity (Wildman–Crippen MR) is 115 cm³/mol. The number of hydrogen-bond donors (Lipinski definition) is 2. The molecule has 30 heavy (non-hydrogen) atoms. The standard InChI is InChI=1S/C22H26ClFN4O2/c1-15(21(29)25-11-8-16-2-5-19(24)6-3-16)28-12-9-17(10-13-28)22(30)27-20-7-4-18(23)14-26-20/h2-7,14-15,17H,8-13H2,1H3,(H,25,29)(H,26,27,30). The number of carbonyl (C=O) groups is 2. The first kappa shape index (κ1) is 22.2. The second-order valence-electron chi connectivity index (χ2n) is 7.50. The zero-order valence-corrected chi connectivity index (χ0v) is 17.7. The molecule has 6 nitrogen and oxygen atoms in total. The lowest BCUT2D eigenvalue weighted by Gasteiger charge is -2.34. The van der Waals surface area contributed by atoms with Crippen molar-refractivity contribution >= 4 is 29.2 Å². The Hall–Kier alpha value is -2.51. The molecule has 1 aliphatic heterocycles. The van der Waals surface area contributed by atoms with E-state index in [1.807, 2.05) is 6.92 Å². The fraction of sp³-hybridized carbons (Fsp3) is 0.409. The number of nitrogens with zero attached hydrogens (tertiary/aromatic N) is 2. The molecule has 0 radical (unpaired) electrons. The molecule has 0 spiro atoms. The molecule has 8 heteroatoms. The number of benzene rings is 1. The SMILES string of the molecule is CC(C(=O)NCCc1ccc(F)cc1)N1CCC(C(=O)Nc2ccc(Cl)cn2)CC1. The minimum absolute atomic E-state index is 0.0367. The van der Waals surface area contributed by atoms with Crippen molar-refractivity contribution < 1.29 is 14.0 Å². The number of pyridine rings is 1. The molecule has 1 saturated heterocycles. The van der Waals surface area contributed by atoms with Gasteiger partial charge in [0.25, 0.3) is 0 Å². The summed E-state index contributed by atoms with van der Waals surface area (Å²) in [4.78, 5) is 31.1. The second-order valence-corrected chi connectivity index (χ2v) is 7.94. The molecule has 0 bridgehead atoms. The Labute approximate surface area is 180 Å². The van der Waals surface area contributed by atoms with Crippen LogP contribution in [0.4, 0.5) is 10.2 Å². The third-order valence-electron chi connectivity index (χ3n) is 5.43. The number of rotatable bonds is 7. The maximum atomic E-state index is 12.9. The first-order valence-corrected chi connectivity index (χ1v) is 10.5. The van der Waals surface area contributed by atoms with E-state index in [1.54, 1.807) is 24.3 Å². The molecule has 1 aromatic carbocycles. The van der Waals surface area contributed by atoms with Crippen molar-refractivity contribution in [2.45, 2.75) is 32.2 Å². The van der Waals surface area contributed by atoms with Gasteiger partial charge in [-0.05, 0) is 69.1 Å². The van der Waals surface area contributed by atoms with Crippen LogP contribution in [0, 0.1) is 11.7 Å². The smallest absolute Gasteiger partial charge is 0.237 e. The van der Waals surface area contributed by atoms with Crippen molar-refractivity contribution in [3.8, 4) is 0 Å². The lowest BCUT2D eigenvalue weighted by atomic mass is 9.95. The van der Waals surface area contributed by atoms with Gasteiger partial charge >= 0.3 is 0 Å². The van der Waals surface area contributed by atoms with E-state index in [9.17, 15) is 14.0 Å². The van der Waals surface area contributed by atoms with Crippen LogP contribution < -0.4 is 10.6 Å². The van der Waals surface area contributed by atoms with Gasteiger partial charge in [-0.15, -0.1) is 0 Å². The largest absolute Gasteiger partial charge is 0.354 e. The lowest BCUT2D eigenvalue weighted by Crippen LogP contribution is -2.49. The van der Waals surface area contributed by atoms with Crippen LogP contribution in [0.5, 0.6) is 0 Å². The quantitative estimate of drug-likeness (QED) is 0.704. The highest BCUT2D eigenvalue weighted by atomic mass is 35.5. The molecule has 2 amide bonds. The normalized spacial score (nSPS) is 16.1. The molecule has 2 N–H and O–H groups in total. The molecule has 0 saturated carbocycles. The number of anilines is 1. The van der Waals surface area contributed by atoms with Crippen LogP contribution in [0.1, 0.15) is 25.3 Å². The topological polar surface area (TPSA) is 74.3 Å². The number of aromatic nitrogens is 1. The number of halogens is 2. The Balaban J connectivity index is 1.39. The summed E-state index contributed by atoms with van der Waals surface area (Å²) in [6, 6.07) is 9.38. The maximum absolute atomic E-state index is 12.9. The molecule has 2 aromatic rings. The highest BCUT2D eigenvalue weighted by Crippen LogP contribution is 2.21. The molecule has 1 fully saturated rings. The Morgan fingerprint density at radius 3 is 2.53 bits per heavy atom. The van der Waals surface area contributed by atoms with E-state index in [2.05, 4.69) is 20.5 Å². The minimum atomic E-state index is -0.266. The Morgan fingerprint density at radius 1 is 1.20 bits per heavy atom. The van der Waals surface area contributed by atoms with Gasteiger partial charge in [-0.1, -0.05) is 23.7 Å². The van der Waals surface area contributed by atoms with E-state index in [1.165, 1.54) is 18.3 Å². The summed E-state index contributed by atoms with van der Waals surface area (Å²) >= 11 is 5.81. The van der Waals surface area contributed by atoms with E-state index in [0.29, 0.717) is 49.7 Å². The lowest BCUT2D eigenvalue weighted by molar-refractivity contribution is -0.127. The molecule has 1 aliphatic rings. The van der Waals surface area contributed by atoms with Gasteiger partial charge in [0.15, 0.2) is 0 Å². The molecule has 1 atom stereocenters. The van der Waals surface area contributed by atoms with Crippen molar-refractivity contribution in [2.24, 2.45) is 5.92 Å². The summed E-state index contributed by atoms with van der Waals surface area (Å²) in [6.45, 7) is 3.74. The van der Waals surface area contributed by atoms with Gasteiger partial charge in [0, 0.05) is 18.7 Å². The monoisotopic (exact) mass is 432 g/mol. The average Bonchev–Trinajstić information content (AvgIpc) is 2.76. The predicted octanol–water partition coefficient (Wildman–Crippen LogP) is 3.27. The fourth-order valence-electron chi connectivity index (χ4n) is 3.52. The number of carbonyl (C=O) groups excluding carboxylic acids is 2. The summed E-state index contributed by atoms with van der Waals surface area (Å²) < 4.78 is 12.9. The van der Waals surface area contributed by atoms with Gasteiger partial charge in [0.2, 0.25) is 11.8 Å². The first-order valence-electron chi connectivity index (χ1n) is 10.1. The number of nitrogens with one attached hydrogen (secondary N) is 2. The fourth-order valence-corrected chi connectivity index (χ4v) is 3.63. The third kappa shape index (κ3) is 6.24. The number of piperidine rings is 1. The van der Waals surface area contributed by atoms with E-state index >= 15 is 0 Å².